The lowest BCUT2D eigenvalue weighted by atomic mass is 10.2. The van der Waals surface area contributed by atoms with Gasteiger partial charge in [0.1, 0.15) is 0 Å². The molecule has 2 rings (SSSR count). The van der Waals surface area contributed by atoms with E-state index in [0.29, 0.717) is 10.0 Å². The van der Waals surface area contributed by atoms with Crippen LogP contribution in [0.4, 0.5) is 0 Å². The molecule has 0 aromatic heterocycles. The van der Waals surface area contributed by atoms with Crippen molar-refractivity contribution in [1.82, 2.24) is 9.80 Å². The van der Waals surface area contributed by atoms with Gasteiger partial charge in [0.15, 0.2) is 0 Å². The number of piperazine rings is 1. The third-order valence-corrected chi connectivity index (χ3v) is 4.06. The summed E-state index contributed by atoms with van der Waals surface area (Å²) >= 11 is 12.2. The third-order valence-electron chi connectivity index (χ3n) is 3.21. The average Bonchev–Trinajstić information content (AvgIpc) is 2.38. The summed E-state index contributed by atoms with van der Waals surface area (Å²) < 4.78 is 0. The van der Waals surface area contributed by atoms with Gasteiger partial charge in [-0.25, -0.2) is 0 Å². The standard InChI is InChI=1S/C14H16Cl2N2/c1-2-6-17-7-9-18(10-8-17)11-12-4-3-5-13(15)14(12)16/h1,3-5H,6-11H2. The molecule has 0 unspecified atom stereocenters. The van der Waals surface area contributed by atoms with Crippen LogP contribution in [-0.4, -0.2) is 42.5 Å². The summed E-state index contributed by atoms with van der Waals surface area (Å²) in [6.07, 6.45) is 5.32. The summed E-state index contributed by atoms with van der Waals surface area (Å²) in [4.78, 5) is 4.67. The van der Waals surface area contributed by atoms with E-state index in [1.807, 2.05) is 18.2 Å². The quantitative estimate of drug-likeness (QED) is 0.787. The molecule has 4 heteroatoms. The summed E-state index contributed by atoms with van der Waals surface area (Å²) in [5.41, 5.74) is 1.09. The Morgan fingerprint density at radius 1 is 1.11 bits per heavy atom. The van der Waals surface area contributed by atoms with Gasteiger partial charge >= 0.3 is 0 Å². The first-order valence-corrected chi connectivity index (χ1v) is 6.77. The van der Waals surface area contributed by atoms with E-state index in [2.05, 4.69) is 15.7 Å². The molecule has 0 saturated carbocycles. The summed E-state index contributed by atoms with van der Waals surface area (Å²) in [5.74, 6) is 2.69. The molecule has 0 atom stereocenters. The van der Waals surface area contributed by atoms with E-state index >= 15 is 0 Å². The van der Waals surface area contributed by atoms with Crippen molar-refractivity contribution in [2.24, 2.45) is 0 Å². The first-order valence-electron chi connectivity index (χ1n) is 6.02. The minimum Gasteiger partial charge on any atom is -0.296 e. The number of nitrogens with zero attached hydrogens (tertiary/aromatic N) is 2. The molecule has 1 saturated heterocycles. The fourth-order valence-electron chi connectivity index (χ4n) is 2.15. The topological polar surface area (TPSA) is 6.48 Å². The van der Waals surface area contributed by atoms with Crippen LogP contribution in [0.25, 0.3) is 0 Å². The number of hydrogen-bond acceptors (Lipinski definition) is 2. The van der Waals surface area contributed by atoms with Crippen molar-refractivity contribution in [2.45, 2.75) is 6.54 Å². The smallest absolute Gasteiger partial charge is 0.0637 e. The largest absolute Gasteiger partial charge is 0.296 e. The van der Waals surface area contributed by atoms with Crippen molar-refractivity contribution in [2.75, 3.05) is 32.7 Å². The Bertz CT molecular complexity index is 446. The molecular weight excluding hydrogens is 267 g/mol. The zero-order valence-electron chi connectivity index (χ0n) is 10.2. The van der Waals surface area contributed by atoms with Crippen molar-refractivity contribution in [3.05, 3.63) is 33.8 Å². The number of halogens is 2. The molecule has 0 radical (unpaired) electrons. The van der Waals surface area contributed by atoms with E-state index < -0.39 is 0 Å². The zero-order valence-corrected chi connectivity index (χ0v) is 11.7. The second kappa shape index (κ2) is 6.45. The predicted molar refractivity (Wildman–Crippen MR) is 77.0 cm³/mol. The second-order valence-electron chi connectivity index (χ2n) is 4.47. The molecule has 0 bridgehead atoms. The highest BCUT2D eigenvalue weighted by molar-refractivity contribution is 6.42. The Labute approximate surface area is 118 Å². The van der Waals surface area contributed by atoms with Gasteiger partial charge in [0, 0.05) is 32.7 Å². The molecule has 1 aliphatic heterocycles. The molecule has 0 spiro atoms. The molecule has 96 valence electrons. The van der Waals surface area contributed by atoms with Gasteiger partial charge in [-0.2, -0.15) is 0 Å². The maximum absolute atomic E-state index is 6.20. The summed E-state index contributed by atoms with van der Waals surface area (Å²) in [7, 11) is 0. The Morgan fingerprint density at radius 3 is 2.44 bits per heavy atom. The number of benzene rings is 1. The van der Waals surface area contributed by atoms with Crippen LogP contribution >= 0.6 is 23.2 Å². The predicted octanol–water partition coefficient (Wildman–Crippen LogP) is 2.74. The van der Waals surface area contributed by atoms with E-state index in [9.17, 15) is 0 Å². The summed E-state index contributed by atoms with van der Waals surface area (Å²) in [5, 5.41) is 1.30. The molecule has 0 amide bonds. The highest BCUT2D eigenvalue weighted by Gasteiger charge is 2.17. The maximum Gasteiger partial charge on any atom is 0.0637 e. The van der Waals surface area contributed by atoms with Gasteiger partial charge in [-0.15, -0.1) is 6.42 Å². The second-order valence-corrected chi connectivity index (χ2v) is 5.25. The first-order chi connectivity index (χ1) is 8.70. The van der Waals surface area contributed by atoms with Gasteiger partial charge < -0.3 is 0 Å². The van der Waals surface area contributed by atoms with E-state index in [4.69, 9.17) is 29.6 Å². The molecule has 1 aliphatic rings. The SMILES string of the molecule is C#CCN1CCN(Cc2cccc(Cl)c2Cl)CC1. The van der Waals surface area contributed by atoms with Crippen LogP contribution in [0, 0.1) is 12.3 Å². The average molecular weight is 283 g/mol. The lowest BCUT2D eigenvalue weighted by Gasteiger charge is -2.33. The number of hydrogen-bond donors (Lipinski definition) is 0. The zero-order chi connectivity index (χ0) is 13.0. The fraction of sp³-hybridized carbons (Fsp3) is 0.429. The van der Waals surface area contributed by atoms with Crippen LogP contribution in [0.1, 0.15) is 5.56 Å². The van der Waals surface area contributed by atoms with E-state index in [1.54, 1.807) is 0 Å². The van der Waals surface area contributed by atoms with Crippen LogP contribution in [0.15, 0.2) is 18.2 Å². The van der Waals surface area contributed by atoms with E-state index in [1.165, 1.54) is 0 Å². The molecule has 1 heterocycles. The molecule has 1 fully saturated rings. The normalized spacial score (nSPS) is 17.6. The molecular formula is C14H16Cl2N2. The van der Waals surface area contributed by atoms with Gasteiger partial charge in [0.05, 0.1) is 16.6 Å². The van der Waals surface area contributed by atoms with Gasteiger partial charge in [-0.3, -0.25) is 9.80 Å². The Kier molecular flexibility index (Phi) is 4.91. The molecule has 1 aromatic carbocycles. The molecule has 0 aliphatic carbocycles. The minimum atomic E-state index is 0.625. The van der Waals surface area contributed by atoms with Gasteiger partial charge in [0.25, 0.3) is 0 Å². The van der Waals surface area contributed by atoms with Crippen LogP contribution in [-0.2, 0) is 6.54 Å². The third kappa shape index (κ3) is 3.40. The van der Waals surface area contributed by atoms with Crippen LogP contribution in [0.3, 0.4) is 0 Å². The highest BCUT2D eigenvalue weighted by atomic mass is 35.5. The van der Waals surface area contributed by atoms with Crippen LogP contribution < -0.4 is 0 Å². The molecule has 2 nitrogen and oxygen atoms in total. The van der Waals surface area contributed by atoms with Crippen molar-refractivity contribution < 1.29 is 0 Å². The molecule has 1 aromatic rings. The molecule has 0 N–H and O–H groups in total. The van der Waals surface area contributed by atoms with Crippen LogP contribution in [0.2, 0.25) is 10.0 Å². The Hall–Kier alpha value is -0.720. The Balaban J connectivity index is 1.92. The van der Waals surface area contributed by atoms with Crippen molar-refractivity contribution in [3.63, 3.8) is 0 Å². The minimum absolute atomic E-state index is 0.625. The van der Waals surface area contributed by atoms with Gasteiger partial charge in [-0.05, 0) is 11.6 Å². The Morgan fingerprint density at radius 2 is 1.78 bits per heavy atom. The van der Waals surface area contributed by atoms with Crippen LogP contribution in [0.5, 0.6) is 0 Å². The van der Waals surface area contributed by atoms with Gasteiger partial charge in [-0.1, -0.05) is 41.3 Å². The summed E-state index contributed by atoms with van der Waals surface area (Å²) in [6.45, 7) is 5.66. The van der Waals surface area contributed by atoms with Gasteiger partial charge in [0.2, 0.25) is 0 Å². The monoisotopic (exact) mass is 282 g/mol. The van der Waals surface area contributed by atoms with E-state index in [-0.39, 0.29) is 0 Å². The van der Waals surface area contributed by atoms with E-state index in [0.717, 1.165) is 44.8 Å². The summed E-state index contributed by atoms with van der Waals surface area (Å²) in [6, 6.07) is 5.79. The van der Waals surface area contributed by atoms with Crippen molar-refractivity contribution >= 4 is 23.2 Å². The van der Waals surface area contributed by atoms with Crippen molar-refractivity contribution in [3.8, 4) is 12.3 Å². The lowest BCUT2D eigenvalue weighted by Crippen LogP contribution is -2.45. The fourth-order valence-corrected chi connectivity index (χ4v) is 2.53. The maximum atomic E-state index is 6.20. The number of rotatable bonds is 3. The number of terminal acetylenes is 1. The van der Waals surface area contributed by atoms with Crippen molar-refractivity contribution in [1.29, 1.82) is 0 Å². The lowest BCUT2D eigenvalue weighted by molar-refractivity contribution is 0.138. The molecule has 18 heavy (non-hydrogen) atoms. The first kappa shape index (κ1) is 13.7. The highest BCUT2D eigenvalue weighted by Crippen LogP contribution is 2.26.